The minimum absolute atomic E-state index is 0.238. The zero-order valence-electron chi connectivity index (χ0n) is 13.6. The molecule has 0 aliphatic carbocycles. The normalized spacial score (nSPS) is 15.2. The number of carbonyl (C=O) groups is 2. The number of hydrogen-bond acceptors (Lipinski definition) is 4. The molecule has 0 unspecified atom stereocenters. The van der Waals surface area contributed by atoms with Gasteiger partial charge in [-0.2, -0.15) is 0 Å². The van der Waals surface area contributed by atoms with Crippen molar-refractivity contribution in [3.05, 3.63) is 35.4 Å². The van der Waals surface area contributed by atoms with Crippen LogP contribution in [-0.2, 0) is 20.8 Å². The maximum atomic E-state index is 11.9. The molecular formula is C17H25N2O4+. The Kier molecular flexibility index (Phi) is 7.03. The van der Waals surface area contributed by atoms with E-state index in [-0.39, 0.29) is 12.5 Å². The van der Waals surface area contributed by atoms with Gasteiger partial charge >= 0.3 is 5.97 Å². The number of hydrogen-bond donors (Lipinski definition) is 2. The zero-order valence-corrected chi connectivity index (χ0v) is 13.6. The molecule has 23 heavy (non-hydrogen) atoms. The second kappa shape index (κ2) is 9.27. The fraction of sp³-hybridized carbons (Fsp3) is 0.529. The zero-order chi connectivity index (χ0) is 16.5. The van der Waals surface area contributed by atoms with E-state index in [1.165, 1.54) is 10.5 Å². The fourth-order valence-corrected chi connectivity index (χ4v) is 2.41. The van der Waals surface area contributed by atoms with E-state index in [4.69, 9.17) is 9.47 Å². The molecule has 0 bridgehead atoms. The van der Waals surface area contributed by atoms with Gasteiger partial charge in [0.1, 0.15) is 19.6 Å². The van der Waals surface area contributed by atoms with E-state index in [1.807, 2.05) is 19.1 Å². The molecule has 2 rings (SSSR count). The predicted octanol–water partition coefficient (Wildman–Crippen LogP) is -0.215. The summed E-state index contributed by atoms with van der Waals surface area (Å²) in [5.74, 6) is -0.741. The lowest BCUT2D eigenvalue weighted by atomic mass is 10.1. The summed E-state index contributed by atoms with van der Waals surface area (Å²) in [6.07, 6.45) is 0.853. The van der Waals surface area contributed by atoms with E-state index in [0.717, 1.165) is 39.3 Å². The Hall–Kier alpha value is -1.92. The van der Waals surface area contributed by atoms with Crippen LogP contribution in [-0.4, -0.2) is 51.3 Å². The van der Waals surface area contributed by atoms with Crippen LogP contribution in [0.25, 0.3) is 0 Å². The summed E-state index contributed by atoms with van der Waals surface area (Å²) in [7, 11) is 0. The van der Waals surface area contributed by atoms with Crippen molar-refractivity contribution in [1.29, 1.82) is 0 Å². The Bertz CT molecular complexity index is 510. The van der Waals surface area contributed by atoms with Gasteiger partial charge in [0.25, 0.3) is 5.91 Å². The largest absolute Gasteiger partial charge is 0.452 e. The molecule has 1 saturated heterocycles. The number of nitrogens with one attached hydrogen (secondary N) is 2. The summed E-state index contributed by atoms with van der Waals surface area (Å²) >= 11 is 0. The van der Waals surface area contributed by atoms with E-state index in [9.17, 15) is 9.59 Å². The fourth-order valence-electron chi connectivity index (χ4n) is 2.41. The molecule has 0 atom stereocenters. The highest BCUT2D eigenvalue weighted by Gasteiger charge is 2.15. The van der Waals surface area contributed by atoms with Crippen molar-refractivity contribution in [3.8, 4) is 0 Å². The van der Waals surface area contributed by atoms with Crippen LogP contribution in [0.1, 0.15) is 29.3 Å². The van der Waals surface area contributed by atoms with Crippen LogP contribution in [0.15, 0.2) is 24.3 Å². The molecule has 0 aromatic heterocycles. The Morgan fingerprint density at radius 3 is 2.57 bits per heavy atom. The third-order valence-electron chi connectivity index (χ3n) is 3.75. The molecule has 126 valence electrons. The topological polar surface area (TPSA) is 69.1 Å². The number of quaternary nitrogens is 1. The summed E-state index contributed by atoms with van der Waals surface area (Å²) in [5, 5.41) is 2.66. The number of benzene rings is 1. The van der Waals surface area contributed by atoms with Crippen molar-refractivity contribution >= 4 is 11.9 Å². The molecule has 1 aromatic rings. The van der Waals surface area contributed by atoms with Crippen LogP contribution >= 0.6 is 0 Å². The lowest BCUT2D eigenvalue weighted by molar-refractivity contribution is -0.921. The van der Waals surface area contributed by atoms with Crippen LogP contribution in [0.4, 0.5) is 0 Å². The van der Waals surface area contributed by atoms with Gasteiger partial charge in [-0.15, -0.1) is 0 Å². The molecule has 1 heterocycles. The number of amides is 1. The average Bonchev–Trinajstić information content (AvgIpc) is 2.59. The minimum Gasteiger partial charge on any atom is -0.452 e. The number of carbonyl (C=O) groups excluding carboxylic acids is 2. The molecular weight excluding hydrogens is 296 g/mol. The second-order valence-electron chi connectivity index (χ2n) is 5.66. The summed E-state index contributed by atoms with van der Waals surface area (Å²) in [6, 6.07) is 7.38. The van der Waals surface area contributed by atoms with E-state index < -0.39 is 5.97 Å². The highest BCUT2D eigenvalue weighted by molar-refractivity contribution is 5.91. The van der Waals surface area contributed by atoms with Gasteiger partial charge in [-0.3, -0.25) is 4.79 Å². The molecule has 1 aliphatic heterocycles. The summed E-state index contributed by atoms with van der Waals surface area (Å²) in [4.78, 5) is 24.8. The summed E-state index contributed by atoms with van der Waals surface area (Å²) < 4.78 is 10.3. The van der Waals surface area contributed by atoms with Gasteiger partial charge in [0, 0.05) is 12.1 Å². The van der Waals surface area contributed by atoms with Crippen molar-refractivity contribution < 1.29 is 24.0 Å². The predicted molar refractivity (Wildman–Crippen MR) is 85.2 cm³/mol. The quantitative estimate of drug-likeness (QED) is 0.682. The first-order valence-electron chi connectivity index (χ1n) is 8.13. The minimum atomic E-state index is -0.470. The number of morpholine rings is 1. The first-order valence-corrected chi connectivity index (χ1v) is 8.13. The highest BCUT2D eigenvalue weighted by atomic mass is 16.5. The molecule has 0 spiro atoms. The van der Waals surface area contributed by atoms with E-state index in [1.54, 1.807) is 12.1 Å². The Morgan fingerprint density at radius 1 is 1.22 bits per heavy atom. The maximum absolute atomic E-state index is 11.9. The molecule has 1 aromatic carbocycles. The standard InChI is InChI=1S/C17H24N2O4/c1-2-7-18-16(20)13-23-17(21)15-5-3-14(4-6-15)12-19-8-10-22-11-9-19/h3-6H,2,7-13H2,1H3,(H,18,20)/p+1. The monoisotopic (exact) mass is 321 g/mol. The third kappa shape index (κ3) is 6.00. The highest BCUT2D eigenvalue weighted by Crippen LogP contribution is 2.05. The van der Waals surface area contributed by atoms with Crippen LogP contribution in [0.5, 0.6) is 0 Å². The number of ether oxygens (including phenoxy) is 2. The summed E-state index contributed by atoms with van der Waals surface area (Å²) in [5.41, 5.74) is 1.65. The van der Waals surface area contributed by atoms with Gasteiger partial charge in [0.2, 0.25) is 0 Å². The third-order valence-corrected chi connectivity index (χ3v) is 3.75. The Labute approximate surface area is 136 Å². The smallest absolute Gasteiger partial charge is 0.338 e. The molecule has 6 nitrogen and oxygen atoms in total. The first-order chi connectivity index (χ1) is 11.2. The number of rotatable bonds is 7. The van der Waals surface area contributed by atoms with Gasteiger partial charge in [-0.25, -0.2) is 4.79 Å². The average molecular weight is 321 g/mol. The van der Waals surface area contributed by atoms with Gasteiger partial charge < -0.3 is 19.7 Å². The molecule has 1 amide bonds. The van der Waals surface area contributed by atoms with E-state index in [2.05, 4.69) is 5.32 Å². The lowest BCUT2D eigenvalue weighted by Gasteiger charge is -2.23. The second-order valence-corrected chi connectivity index (χ2v) is 5.66. The van der Waals surface area contributed by atoms with Crippen molar-refractivity contribution in [2.75, 3.05) is 39.5 Å². The van der Waals surface area contributed by atoms with Crippen molar-refractivity contribution in [1.82, 2.24) is 5.32 Å². The van der Waals surface area contributed by atoms with Crippen molar-refractivity contribution in [2.24, 2.45) is 0 Å². The SMILES string of the molecule is CCCNC(=O)COC(=O)c1ccc(C[NH+]2CCOCC2)cc1. The maximum Gasteiger partial charge on any atom is 0.338 e. The molecule has 1 fully saturated rings. The summed E-state index contributed by atoms with van der Waals surface area (Å²) in [6.45, 7) is 6.88. The molecule has 0 saturated carbocycles. The molecule has 1 aliphatic rings. The van der Waals surface area contributed by atoms with Crippen LogP contribution < -0.4 is 10.2 Å². The molecule has 6 heteroatoms. The van der Waals surface area contributed by atoms with Gasteiger partial charge in [-0.1, -0.05) is 19.1 Å². The van der Waals surface area contributed by atoms with Crippen LogP contribution in [0.3, 0.4) is 0 Å². The van der Waals surface area contributed by atoms with Crippen LogP contribution in [0, 0.1) is 0 Å². The number of esters is 1. The van der Waals surface area contributed by atoms with Crippen molar-refractivity contribution in [3.63, 3.8) is 0 Å². The Morgan fingerprint density at radius 2 is 1.91 bits per heavy atom. The Balaban J connectivity index is 1.78. The van der Waals surface area contributed by atoms with E-state index in [0.29, 0.717) is 12.1 Å². The van der Waals surface area contributed by atoms with Crippen molar-refractivity contribution in [2.45, 2.75) is 19.9 Å². The van der Waals surface area contributed by atoms with Gasteiger partial charge in [-0.05, 0) is 18.6 Å². The van der Waals surface area contributed by atoms with E-state index >= 15 is 0 Å². The molecule has 0 radical (unpaired) electrons. The molecule has 2 N–H and O–H groups in total. The first kappa shape index (κ1) is 17.4. The lowest BCUT2D eigenvalue weighted by Crippen LogP contribution is -3.12. The van der Waals surface area contributed by atoms with Gasteiger partial charge in [0.15, 0.2) is 6.61 Å². The van der Waals surface area contributed by atoms with Crippen LogP contribution in [0.2, 0.25) is 0 Å². The van der Waals surface area contributed by atoms with Gasteiger partial charge in [0.05, 0.1) is 18.8 Å².